The molecule has 1 heterocycles. The van der Waals surface area contributed by atoms with Crippen molar-refractivity contribution in [1.29, 1.82) is 0 Å². The van der Waals surface area contributed by atoms with E-state index in [9.17, 15) is 0 Å². The quantitative estimate of drug-likeness (QED) is 0.519. The van der Waals surface area contributed by atoms with Crippen LogP contribution >= 0.6 is 11.8 Å². The maximum absolute atomic E-state index is 2.41. The van der Waals surface area contributed by atoms with Crippen LogP contribution in [0.1, 0.15) is 27.2 Å². The molecule has 1 aliphatic heterocycles. The van der Waals surface area contributed by atoms with Gasteiger partial charge in [-0.1, -0.05) is 20.8 Å². The van der Waals surface area contributed by atoms with Crippen LogP contribution in [0.4, 0.5) is 0 Å². The van der Waals surface area contributed by atoms with Gasteiger partial charge in [-0.15, -0.1) is 0 Å². The molecule has 1 heteroatoms. The minimum atomic E-state index is 0.608. The predicted octanol–water partition coefficient (Wildman–Crippen LogP) is 2.78. The molecule has 1 aliphatic carbocycles. The van der Waals surface area contributed by atoms with Crippen molar-refractivity contribution in [2.24, 2.45) is 17.8 Å². The highest BCUT2D eigenvalue weighted by molar-refractivity contribution is 8.00. The predicted molar refractivity (Wildman–Crippen MR) is 47.3 cm³/mol. The van der Waals surface area contributed by atoms with Crippen LogP contribution in [0.15, 0.2) is 0 Å². The first-order valence-corrected chi connectivity index (χ1v) is 5.24. The topological polar surface area (TPSA) is 0 Å². The lowest BCUT2D eigenvalue weighted by molar-refractivity contribution is 0.454. The van der Waals surface area contributed by atoms with Crippen molar-refractivity contribution in [3.8, 4) is 0 Å². The van der Waals surface area contributed by atoms with Crippen LogP contribution in [0.25, 0.3) is 0 Å². The fourth-order valence-corrected chi connectivity index (χ4v) is 3.64. The van der Waals surface area contributed by atoms with Gasteiger partial charge in [0.1, 0.15) is 0 Å². The van der Waals surface area contributed by atoms with Crippen molar-refractivity contribution in [3.63, 3.8) is 0 Å². The molecule has 0 N–H and O–H groups in total. The van der Waals surface area contributed by atoms with Crippen LogP contribution in [0.2, 0.25) is 0 Å². The summed E-state index contributed by atoms with van der Waals surface area (Å²) < 4.78 is 0.608. The van der Waals surface area contributed by atoms with Crippen molar-refractivity contribution >= 4 is 11.8 Å². The lowest BCUT2D eigenvalue weighted by Gasteiger charge is -2.31. The Hall–Kier alpha value is 0.350. The summed E-state index contributed by atoms with van der Waals surface area (Å²) in [5.74, 6) is 4.55. The van der Waals surface area contributed by atoms with Crippen LogP contribution < -0.4 is 0 Å². The summed E-state index contributed by atoms with van der Waals surface area (Å²) in [5, 5.41) is 0. The molecule has 10 heavy (non-hydrogen) atoms. The summed E-state index contributed by atoms with van der Waals surface area (Å²) >= 11 is 2.18. The molecule has 2 aliphatic rings. The van der Waals surface area contributed by atoms with E-state index in [1.807, 2.05) is 0 Å². The SMILES string of the molecule is CC1CSC(C)(C)C2CC12. The number of thioether (sulfide) groups is 1. The average molecular weight is 156 g/mol. The minimum Gasteiger partial charge on any atom is -0.155 e. The molecule has 1 saturated carbocycles. The third kappa shape index (κ3) is 0.903. The molecule has 0 bridgehead atoms. The Labute approximate surface area is 67.8 Å². The van der Waals surface area contributed by atoms with Gasteiger partial charge in [0.05, 0.1) is 0 Å². The molecule has 58 valence electrons. The van der Waals surface area contributed by atoms with Crippen molar-refractivity contribution < 1.29 is 0 Å². The molecule has 3 unspecified atom stereocenters. The zero-order chi connectivity index (χ0) is 7.35. The molecule has 3 atom stereocenters. The van der Waals surface area contributed by atoms with Gasteiger partial charge in [-0.3, -0.25) is 0 Å². The summed E-state index contributed by atoms with van der Waals surface area (Å²) in [6.07, 6.45) is 1.52. The second-order valence-electron chi connectivity index (χ2n) is 4.40. The Morgan fingerprint density at radius 2 is 2.10 bits per heavy atom. The molecule has 0 aromatic heterocycles. The zero-order valence-electron chi connectivity index (χ0n) is 7.05. The molecule has 0 amide bonds. The monoisotopic (exact) mass is 156 g/mol. The normalized spacial score (nSPS) is 50.1. The van der Waals surface area contributed by atoms with Crippen LogP contribution in [-0.4, -0.2) is 10.5 Å². The molecule has 0 aromatic rings. The standard InChI is InChI=1S/C9H16S/c1-6-5-10-9(2,3)8-4-7(6)8/h6-8H,4-5H2,1-3H3. The Morgan fingerprint density at radius 3 is 2.70 bits per heavy atom. The lowest BCUT2D eigenvalue weighted by atomic mass is 9.99. The van der Waals surface area contributed by atoms with E-state index < -0.39 is 0 Å². The van der Waals surface area contributed by atoms with Gasteiger partial charge < -0.3 is 0 Å². The summed E-state index contributed by atoms with van der Waals surface area (Å²) in [7, 11) is 0. The van der Waals surface area contributed by atoms with E-state index in [1.54, 1.807) is 0 Å². The Kier molecular flexibility index (Phi) is 1.36. The van der Waals surface area contributed by atoms with Gasteiger partial charge in [0.2, 0.25) is 0 Å². The maximum Gasteiger partial charge on any atom is 0.0134 e. The number of rotatable bonds is 0. The van der Waals surface area contributed by atoms with Crippen LogP contribution in [0.3, 0.4) is 0 Å². The van der Waals surface area contributed by atoms with Gasteiger partial charge in [0.25, 0.3) is 0 Å². The molecule has 1 saturated heterocycles. The number of hydrogen-bond donors (Lipinski definition) is 0. The second kappa shape index (κ2) is 1.94. The molecular formula is C9H16S. The molecule has 0 aromatic carbocycles. The largest absolute Gasteiger partial charge is 0.155 e. The van der Waals surface area contributed by atoms with E-state index in [1.165, 1.54) is 12.2 Å². The fourth-order valence-electron chi connectivity index (χ4n) is 2.22. The van der Waals surface area contributed by atoms with E-state index in [0.29, 0.717) is 4.75 Å². The van der Waals surface area contributed by atoms with Crippen molar-refractivity contribution in [3.05, 3.63) is 0 Å². The Bertz CT molecular complexity index is 151. The first-order chi connectivity index (χ1) is 4.61. The summed E-state index contributed by atoms with van der Waals surface area (Å²) in [6, 6.07) is 0. The van der Waals surface area contributed by atoms with Crippen LogP contribution in [-0.2, 0) is 0 Å². The molecule has 0 nitrogen and oxygen atoms in total. The maximum atomic E-state index is 2.41. The van der Waals surface area contributed by atoms with Crippen molar-refractivity contribution in [2.75, 3.05) is 5.75 Å². The summed E-state index contributed by atoms with van der Waals surface area (Å²) in [6.45, 7) is 7.23. The highest BCUT2D eigenvalue weighted by atomic mass is 32.2. The third-order valence-electron chi connectivity index (χ3n) is 3.18. The molecule has 0 spiro atoms. The third-order valence-corrected chi connectivity index (χ3v) is 4.92. The van der Waals surface area contributed by atoms with Gasteiger partial charge in [-0.05, 0) is 29.9 Å². The first-order valence-electron chi connectivity index (χ1n) is 4.25. The van der Waals surface area contributed by atoms with Crippen molar-refractivity contribution in [1.82, 2.24) is 0 Å². The molecule has 0 radical (unpaired) electrons. The highest BCUT2D eigenvalue weighted by Crippen LogP contribution is 2.60. The highest BCUT2D eigenvalue weighted by Gasteiger charge is 2.53. The molecule has 2 fully saturated rings. The fraction of sp³-hybridized carbons (Fsp3) is 1.00. The van der Waals surface area contributed by atoms with Gasteiger partial charge in [-0.2, -0.15) is 11.8 Å². The second-order valence-corrected chi connectivity index (χ2v) is 6.07. The van der Waals surface area contributed by atoms with E-state index >= 15 is 0 Å². The lowest BCUT2D eigenvalue weighted by Crippen LogP contribution is -2.27. The van der Waals surface area contributed by atoms with Gasteiger partial charge >= 0.3 is 0 Å². The summed E-state index contributed by atoms with van der Waals surface area (Å²) in [5.41, 5.74) is 0. The van der Waals surface area contributed by atoms with Crippen molar-refractivity contribution in [2.45, 2.75) is 31.9 Å². The van der Waals surface area contributed by atoms with E-state index in [-0.39, 0.29) is 0 Å². The average Bonchev–Trinajstić information content (AvgIpc) is 2.58. The number of fused-ring (bicyclic) bond motifs is 1. The minimum absolute atomic E-state index is 0.608. The van der Waals surface area contributed by atoms with E-state index in [2.05, 4.69) is 32.5 Å². The zero-order valence-corrected chi connectivity index (χ0v) is 7.87. The van der Waals surface area contributed by atoms with Gasteiger partial charge in [0, 0.05) is 4.75 Å². The number of hydrogen-bond acceptors (Lipinski definition) is 1. The van der Waals surface area contributed by atoms with E-state index in [0.717, 1.165) is 17.8 Å². The van der Waals surface area contributed by atoms with E-state index in [4.69, 9.17) is 0 Å². The molecule has 2 rings (SSSR count). The summed E-state index contributed by atoms with van der Waals surface area (Å²) in [4.78, 5) is 0. The van der Waals surface area contributed by atoms with Gasteiger partial charge in [-0.25, -0.2) is 0 Å². The first kappa shape index (κ1) is 7.02. The van der Waals surface area contributed by atoms with Gasteiger partial charge in [0.15, 0.2) is 0 Å². The molecular weight excluding hydrogens is 140 g/mol. The smallest absolute Gasteiger partial charge is 0.0134 e. The van der Waals surface area contributed by atoms with Crippen LogP contribution in [0.5, 0.6) is 0 Å². The Balaban J connectivity index is 2.09. The Morgan fingerprint density at radius 1 is 1.40 bits per heavy atom. The van der Waals surface area contributed by atoms with Crippen LogP contribution in [0, 0.1) is 17.8 Å².